The van der Waals surface area contributed by atoms with Crippen LogP contribution in [-0.4, -0.2) is 0 Å². The van der Waals surface area contributed by atoms with E-state index in [1.165, 1.54) is 0 Å². The Morgan fingerprint density at radius 1 is 1.17 bits per heavy atom. The molecule has 2 aromatic carbocycles. The van der Waals surface area contributed by atoms with Crippen LogP contribution in [0.5, 0.6) is 0 Å². The average Bonchev–Trinajstić information content (AvgIpc) is 2.40. The first-order valence-electron chi connectivity index (χ1n) is 5.68. The number of benzene rings is 2. The summed E-state index contributed by atoms with van der Waals surface area (Å²) in [5, 5.41) is 12.8. The number of anilines is 1. The first kappa shape index (κ1) is 12.5. The van der Waals surface area contributed by atoms with Gasteiger partial charge in [-0.2, -0.15) is 5.26 Å². The van der Waals surface area contributed by atoms with Crippen molar-refractivity contribution in [1.82, 2.24) is 0 Å². The second kappa shape index (κ2) is 5.57. The summed E-state index contributed by atoms with van der Waals surface area (Å²) < 4.78 is 0. The second-order valence-electron chi connectivity index (χ2n) is 4.12. The van der Waals surface area contributed by atoms with Crippen molar-refractivity contribution in [1.29, 1.82) is 5.26 Å². The summed E-state index contributed by atoms with van der Waals surface area (Å²) >= 11 is 5.96. The molecule has 1 N–H and O–H groups in total. The number of hydrogen-bond donors (Lipinski definition) is 1. The van der Waals surface area contributed by atoms with Crippen molar-refractivity contribution in [2.75, 3.05) is 5.32 Å². The van der Waals surface area contributed by atoms with Crippen molar-refractivity contribution in [3.05, 3.63) is 64.2 Å². The number of hydrogen-bond acceptors (Lipinski definition) is 2. The van der Waals surface area contributed by atoms with Crippen LogP contribution >= 0.6 is 11.6 Å². The Labute approximate surface area is 112 Å². The molecule has 0 atom stereocenters. The minimum Gasteiger partial charge on any atom is -0.381 e. The van der Waals surface area contributed by atoms with Crippen molar-refractivity contribution < 1.29 is 0 Å². The van der Waals surface area contributed by atoms with E-state index in [4.69, 9.17) is 16.9 Å². The maximum atomic E-state index is 8.72. The summed E-state index contributed by atoms with van der Waals surface area (Å²) in [6.07, 6.45) is 0. The Balaban J connectivity index is 2.07. The fourth-order valence-corrected chi connectivity index (χ4v) is 1.85. The van der Waals surface area contributed by atoms with Gasteiger partial charge in [-0.25, -0.2) is 0 Å². The number of nitrogens with zero attached hydrogens (tertiary/aromatic N) is 1. The van der Waals surface area contributed by atoms with Crippen LogP contribution in [0.2, 0.25) is 5.02 Å². The van der Waals surface area contributed by atoms with E-state index in [-0.39, 0.29) is 0 Å². The van der Waals surface area contributed by atoms with E-state index >= 15 is 0 Å². The van der Waals surface area contributed by atoms with Gasteiger partial charge in [-0.15, -0.1) is 0 Å². The van der Waals surface area contributed by atoms with Crippen LogP contribution in [0.25, 0.3) is 0 Å². The molecule has 2 aromatic rings. The highest BCUT2D eigenvalue weighted by atomic mass is 35.5. The zero-order valence-corrected chi connectivity index (χ0v) is 10.8. The quantitative estimate of drug-likeness (QED) is 0.896. The van der Waals surface area contributed by atoms with Crippen molar-refractivity contribution in [2.45, 2.75) is 13.5 Å². The Kier molecular flexibility index (Phi) is 3.86. The third kappa shape index (κ3) is 3.03. The molecular weight excluding hydrogens is 244 g/mol. The fraction of sp³-hybridized carbons (Fsp3) is 0.133. The van der Waals surface area contributed by atoms with E-state index < -0.39 is 0 Å². The molecule has 0 aromatic heterocycles. The van der Waals surface area contributed by atoms with E-state index in [9.17, 15) is 0 Å². The lowest BCUT2D eigenvalue weighted by molar-refractivity contribution is 1.14. The molecule has 0 aliphatic heterocycles. The summed E-state index contributed by atoms with van der Waals surface area (Å²) in [6, 6.07) is 15.4. The second-order valence-corrected chi connectivity index (χ2v) is 4.56. The average molecular weight is 257 g/mol. The molecular formula is C15H13ClN2. The van der Waals surface area contributed by atoms with E-state index in [2.05, 4.69) is 11.4 Å². The number of rotatable bonds is 3. The molecule has 0 saturated heterocycles. The maximum Gasteiger partial charge on any atom is 0.0991 e. The van der Waals surface area contributed by atoms with Crippen molar-refractivity contribution in [2.24, 2.45) is 0 Å². The minimum atomic E-state index is 0.678. The van der Waals surface area contributed by atoms with Gasteiger partial charge in [0.1, 0.15) is 0 Å². The number of halogens is 1. The van der Waals surface area contributed by atoms with Crippen LogP contribution in [0, 0.1) is 18.3 Å². The molecule has 0 spiro atoms. The molecule has 2 nitrogen and oxygen atoms in total. The Hall–Kier alpha value is -1.98. The van der Waals surface area contributed by atoms with Crippen molar-refractivity contribution in [3.63, 3.8) is 0 Å². The monoisotopic (exact) mass is 256 g/mol. The molecule has 0 unspecified atom stereocenters. The summed E-state index contributed by atoms with van der Waals surface area (Å²) in [4.78, 5) is 0. The van der Waals surface area contributed by atoms with Crippen LogP contribution < -0.4 is 5.32 Å². The molecule has 0 aliphatic rings. The fourth-order valence-electron chi connectivity index (χ4n) is 1.68. The van der Waals surface area contributed by atoms with Crippen LogP contribution in [0.4, 0.5) is 5.69 Å². The first-order valence-corrected chi connectivity index (χ1v) is 6.06. The standard InChI is InChI=1S/C15H13ClN2/c1-11-2-7-14(16)8-15(11)18-10-13-5-3-12(9-17)4-6-13/h2-8,18H,10H2,1H3. The van der Waals surface area contributed by atoms with Gasteiger partial charge in [-0.05, 0) is 42.3 Å². The van der Waals surface area contributed by atoms with E-state index in [0.29, 0.717) is 12.1 Å². The molecule has 3 heteroatoms. The van der Waals surface area contributed by atoms with Gasteiger partial charge in [0.2, 0.25) is 0 Å². The topological polar surface area (TPSA) is 35.8 Å². The van der Waals surface area contributed by atoms with Crippen molar-refractivity contribution in [3.8, 4) is 6.07 Å². The molecule has 0 fully saturated rings. The lowest BCUT2D eigenvalue weighted by atomic mass is 10.1. The van der Waals surface area contributed by atoms with Crippen molar-refractivity contribution >= 4 is 17.3 Å². The Morgan fingerprint density at radius 3 is 2.56 bits per heavy atom. The summed E-state index contributed by atoms with van der Waals surface area (Å²) in [6.45, 7) is 2.75. The minimum absolute atomic E-state index is 0.678. The zero-order chi connectivity index (χ0) is 13.0. The normalized spacial score (nSPS) is 9.83. The predicted molar refractivity (Wildman–Crippen MR) is 74.7 cm³/mol. The molecule has 0 amide bonds. The lowest BCUT2D eigenvalue weighted by Crippen LogP contribution is -2.00. The van der Waals surface area contributed by atoms with Gasteiger partial charge in [0.05, 0.1) is 11.6 Å². The van der Waals surface area contributed by atoms with Gasteiger partial charge in [-0.3, -0.25) is 0 Å². The van der Waals surface area contributed by atoms with Crippen LogP contribution in [0.15, 0.2) is 42.5 Å². The molecule has 0 radical (unpaired) electrons. The highest BCUT2D eigenvalue weighted by Gasteiger charge is 1.99. The van der Waals surface area contributed by atoms with Crippen LogP contribution in [-0.2, 0) is 6.54 Å². The Morgan fingerprint density at radius 2 is 1.89 bits per heavy atom. The highest BCUT2D eigenvalue weighted by molar-refractivity contribution is 6.30. The van der Waals surface area contributed by atoms with E-state index in [0.717, 1.165) is 21.8 Å². The van der Waals surface area contributed by atoms with Gasteiger partial charge >= 0.3 is 0 Å². The predicted octanol–water partition coefficient (Wildman–Crippen LogP) is 4.13. The van der Waals surface area contributed by atoms with E-state index in [1.807, 2.05) is 49.4 Å². The number of nitriles is 1. The molecule has 0 saturated carbocycles. The van der Waals surface area contributed by atoms with Gasteiger partial charge in [0.25, 0.3) is 0 Å². The smallest absolute Gasteiger partial charge is 0.0991 e. The molecule has 2 rings (SSSR count). The molecule has 0 aliphatic carbocycles. The molecule has 0 heterocycles. The van der Waals surface area contributed by atoms with Gasteiger partial charge in [-0.1, -0.05) is 29.8 Å². The van der Waals surface area contributed by atoms with Gasteiger partial charge < -0.3 is 5.32 Å². The zero-order valence-electron chi connectivity index (χ0n) is 10.1. The lowest BCUT2D eigenvalue weighted by Gasteiger charge is -2.10. The SMILES string of the molecule is Cc1ccc(Cl)cc1NCc1ccc(C#N)cc1. The third-order valence-corrected chi connectivity index (χ3v) is 3.00. The molecule has 90 valence electrons. The number of nitrogens with one attached hydrogen (secondary N) is 1. The largest absolute Gasteiger partial charge is 0.381 e. The third-order valence-electron chi connectivity index (χ3n) is 2.77. The summed E-state index contributed by atoms with van der Waals surface area (Å²) in [7, 11) is 0. The Bertz CT molecular complexity index is 582. The van der Waals surface area contributed by atoms with Gasteiger partial charge in [0.15, 0.2) is 0 Å². The molecule has 18 heavy (non-hydrogen) atoms. The molecule has 0 bridgehead atoms. The number of aryl methyl sites for hydroxylation is 1. The summed E-state index contributed by atoms with van der Waals surface area (Å²) in [5.41, 5.74) is 4.01. The highest BCUT2D eigenvalue weighted by Crippen LogP contribution is 2.20. The summed E-state index contributed by atoms with van der Waals surface area (Å²) in [5.74, 6) is 0. The maximum absolute atomic E-state index is 8.72. The van der Waals surface area contributed by atoms with Gasteiger partial charge in [0, 0.05) is 17.3 Å². The van der Waals surface area contributed by atoms with Crippen LogP contribution in [0.3, 0.4) is 0 Å². The van der Waals surface area contributed by atoms with Crippen LogP contribution in [0.1, 0.15) is 16.7 Å². The van der Waals surface area contributed by atoms with E-state index in [1.54, 1.807) is 0 Å². The first-order chi connectivity index (χ1) is 8.69.